The molecular formula is C10H23N2O+. The topological polar surface area (TPSA) is 29.1 Å². The maximum atomic E-state index is 9.95. The van der Waals surface area contributed by atoms with Gasteiger partial charge in [0.05, 0.1) is 27.7 Å². The third kappa shape index (κ3) is 18.3. The molecule has 0 unspecified atom stereocenters. The van der Waals surface area contributed by atoms with Crippen LogP contribution >= 0.6 is 0 Å². The molecule has 0 saturated heterocycles. The number of nitrogens with zero attached hydrogens (tertiary/aromatic N) is 1. The number of carbonyl (C=O) groups is 1. The van der Waals surface area contributed by atoms with Crippen molar-refractivity contribution in [3.63, 3.8) is 0 Å². The number of hydrogen-bond acceptors (Lipinski definition) is 1. The van der Waals surface area contributed by atoms with E-state index in [1.807, 2.05) is 0 Å². The SMILES string of the molecule is C=CC(=O)NC.CCC[N+](C)(C)C. The summed E-state index contributed by atoms with van der Waals surface area (Å²) in [5, 5.41) is 2.36. The first-order valence-corrected chi connectivity index (χ1v) is 4.52. The van der Waals surface area contributed by atoms with Crippen molar-refractivity contribution in [2.75, 3.05) is 34.7 Å². The van der Waals surface area contributed by atoms with E-state index in [0.717, 1.165) is 4.48 Å². The van der Waals surface area contributed by atoms with E-state index in [1.54, 1.807) is 7.05 Å². The number of amides is 1. The van der Waals surface area contributed by atoms with E-state index in [1.165, 1.54) is 19.0 Å². The minimum Gasteiger partial charge on any atom is -0.356 e. The summed E-state index contributed by atoms with van der Waals surface area (Å²) in [6.07, 6.45) is 2.50. The van der Waals surface area contributed by atoms with Gasteiger partial charge >= 0.3 is 0 Å². The Morgan fingerprint density at radius 2 is 1.92 bits per heavy atom. The average molecular weight is 187 g/mol. The van der Waals surface area contributed by atoms with Crippen LogP contribution in [-0.4, -0.2) is 45.1 Å². The van der Waals surface area contributed by atoms with Crippen LogP contribution in [0.2, 0.25) is 0 Å². The van der Waals surface area contributed by atoms with Gasteiger partial charge in [-0.3, -0.25) is 4.79 Å². The number of rotatable bonds is 3. The maximum Gasteiger partial charge on any atom is 0.243 e. The standard InChI is InChI=1S/C6H16N.C4H7NO/c1-5-6-7(2,3)4;1-3-4(6)5-2/h5-6H2,1-4H3;3H,1H2,2H3,(H,5,6)/q+1;. The molecule has 0 aliphatic rings. The fourth-order valence-corrected chi connectivity index (χ4v) is 0.773. The number of nitrogens with one attached hydrogen (secondary N) is 1. The molecule has 0 aromatic rings. The second-order valence-electron chi connectivity index (χ2n) is 3.83. The summed E-state index contributed by atoms with van der Waals surface area (Å²) in [7, 11) is 8.19. The van der Waals surface area contributed by atoms with E-state index < -0.39 is 0 Å². The zero-order valence-electron chi connectivity index (χ0n) is 9.55. The normalized spacial score (nSPS) is 9.62. The number of hydrogen-bond donors (Lipinski definition) is 1. The van der Waals surface area contributed by atoms with Gasteiger partial charge in [0, 0.05) is 7.05 Å². The van der Waals surface area contributed by atoms with Crippen molar-refractivity contribution in [3.05, 3.63) is 12.7 Å². The van der Waals surface area contributed by atoms with Gasteiger partial charge in [0.15, 0.2) is 0 Å². The third-order valence-corrected chi connectivity index (χ3v) is 1.33. The molecule has 78 valence electrons. The molecule has 0 bridgehead atoms. The largest absolute Gasteiger partial charge is 0.356 e. The molecule has 0 radical (unpaired) electrons. The summed E-state index contributed by atoms with van der Waals surface area (Å²) in [6, 6.07) is 0. The van der Waals surface area contributed by atoms with Gasteiger partial charge in [0.25, 0.3) is 0 Å². The molecule has 3 heteroatoms. The predicted octanol–water partition coefficient (Wildman–Crippen LogP) is 1.02. The molecule has 0 atom stereocenters. The van der Waals surface area contributed by atoms with Crippen molar-refractivity contribution < 1.29 is 9.28 Å². The monoisotopic (exact) mass is 187 g/mol. The average Bonchev–Trinajstić information content (AvgIpc) is 2.02. The van der Waals surface area contributed by atoms with Crippen LogP contribution in [0.1, 0.15) is 13.3 Å². The van der Waals surface area contributed by atoms with E-state index in [0.29, 0.717) is 0 Å². The van der Waals surface area contributed by atoms with E-state index in [-0.39, 0.29) is 5.91 Å². The van der Waals surface area contributed by atoms with E-state index >= 15 is 0 Å². The first-order valence-electron chi connectivity index (χ1n) is 4.52. The molecule has 0 aliphatic heterocycles. The van der Waals surface area contributed by atoms with E-state index in [2.05, 4.69) is 40.0 Å². The predicted molar refractivity (Wildman–Crippen MR) is 57.5 cm³/mol. The summed E-state index contributed by atoms with van der Waals surface area (Å²) in [4.78, 5) is 9.95. The fraction of sp³-hybridized carbons (Fsp3) is 0.700. The van der Waals surface area contributed by atoms with Crippen LogP contribution in [0.25, 0.3) is 0 Å². The lowest BCUT2D eigenvalue weighted by Crippen LogP contribution is -2.34. The van der Waals surface area contributed by atoms with E-state index in [9.17, 15) is 4.79 Å². The molecular weight excluding hydrogens is 164 g/mol. The Bertz CT molecular complexity index is 147. The quantitative estimate of drug-likeness (QED) is 0.519. The number of likely N-dealkylation sites (N-methyl/N-ethyl adjacent to an activating group) is 1. The van der Waals surface area contributed by atoms with Crippen LogP contribution in [0.4, 0.5) is 0 Å². The van der Waals surface area contributed by atoms with Crippen molar-refractivity contribution in [1.82, 2.24) is 5.32 Å². The summed E-state index contributed by atoms with van der Waals surface area (Å²) < 4.78 is 1.09. The second-order valence-corrected chi connectivity index (χ2v) is 3.83. The lowest BCUT2D eigenvalue weighted by molar-refractivity contribution is -0.870. The highest BCUT2D eigenvalue weighted by molar-refractivity contribution is 5.86. The van der Waals surface area contributed by atoms with Crippen molar-refractivity contribution in [1.29, 1.82) is 0 Å². The molecule has 0 spiro atoms. The van der Waals surface area contributed by atoms with Crippen LogP contribution in [0.15, 0.2) is 12.7 Å². The smallest absolute Gasteiger partial charge is 0.243 e. The Hall–Kier alpha value is -0.830. The first-order chi connectivity index (χ1) is 5.87. The highest BCUT2D eigenvalue weighted by Gasteiger charge is 2.01. The first kappa shape index (κ1) is 14.7. The summed E-state index contributed by atoms with van der Waals surface area (Å²) >= 11 is 0. The lowest BCUT2D eigenvalue weighted by atomic mass is 10.4. The molecule has 0 heterocycles. The van der Waals surface area contributed by atoms with Gasteiger partial charge in [0.2, 0.25) is 5.91 Å². The summed E-state index contributed by atoms with van der Waals surface area (Å²) in [5.41, 5.74) is 0. The van der Waals surface area contributed by atoms with Crippen molar-refractivity contribution in [3.8, 4) is 0 Å². The molecule has 1 amide bonds. The minimum absolute atomic E-state index is 0.144. The van der Waals surface area contributed by atoms with Gasteiger partial charge in [0.1, 0.15) is 0 Å². The zero-order chi connectivity index (χ0) is 10.9. The third-order valence-electron chi connectivity index (χ3n) is 1.33. The van der Waals surface area contributed by atoms with Gasteiger partial charge in [-0.1, -0.05) is 13.5 Å². The van der Waals surface area contributed by atoms with Crippen molar-refractivity contribution in [2.24, 2.45) is 0 Å². The molecule has 1 N–H and O–H groups in total. The van der Waals surface area contributed by atoms with Crippen LogP contribution in [0.5, 0.6) is 0 Å². The highest BCUT2D eigenvalue weighted by atomic mass is 16.1. The molecule has 0 aliphatic carbocycles. The van der Waals surface area contributed by atoms with E-state index in [4.69, 9.17) is 0 Å². The minimum atomic E-state index is -0.144. The van der Waals surface area contributed by atoms with Crippen LogP contribution in [0, 0.1) is 0 Å². The molecule has 0 fully saturated rings. The fourth-order valence-electron chi connectivity index (χ4n) is 0.773. The zero-order valence-corrected chi connectivity index (χ0v) is 9.55. The highest BCUT2D eigenvalue weighted by Crippen LogP contribution is 1.90. The Morgan fingerprint density at radius 1 is 1.46 bits per heavy atom. The Balaban J connectivity index is 0. The summed E-state index contributed by atoms with van der Waals surface area (Å²) in [5.74, 6) is -0.144. The van der Waals surface area contributed by atoms with Gasteiger partial charge in [-0.15, -0.1) is 0 Å². The van der Waals surface area contributed by atoms with Crippen LogP contribution in [-0.2, 0) is 4.79 Å². The van der Waals surface area contributed by atoms with Gasteiger partial charge in [-0.05, 0) is 12.5 Å². The van der Waals surface area contributed by atoms with Crippen molar-refractivity contribution in [2.45, 2.75) is 13.3 Å². The van der Waals surface area contributed by atoms with Crippen LogP contribution in [0.3, 0.4) is 0 Å². The number of carbonyl (C=O) groups excluding carboxylic acids is 1. The van der Waals surface area contributed by atoms with Gasteiger partial charge in [-0.25, -0.2) is 0 Å². The molecule has 13 heavy (non-hydrogen) atoms. The maximum absolute atomic E-state index is 9.95. The molecule has 0 saturated carbocycles. The lowest BCUT2D eigenvalue weighted by Gasteiger charge is -2.22. The number of quaternary nitrogens is 1. The second kappa shape index (κ2) is 7.80. The molecule has 3 nitrogen and oxygen atoms in total. The van der Waals surface area contributed by atoms with Gasteiger partial charge < -0.3 is 9.80 Å². The Morgan fingerprint density at radius 3 is 1.92 bits per heavy atom. The Labute approximate surface area is 82.0 Å². The van der Waals surface area contributed by atoms with Crippen molar-refractivity contribution >= 4 is 5.91 Å². The van der Waals surface area contributed by atoms with Gasteiger partial charge in [-0.2, -0.15) is 0 Å². The molecule has 0 rings (SSSR count). The molecule has 0 aromatic heterocycles. The molecule has 0 aromatic carbocycles. The van der Waals surface area contributed by atoms with Crippen LogP contribution < -0.4 is 5.32 Å². The summed E-state index contributed by atoms with van der Waals surface area (Å²) in [6.45, 7) is 6.71. The Kier molecular flexibility index (Phi) is 8.81.